The zero-order valence-electron chi connectivity index (χ0n) is 12.6. The minimum Gasteiger partial charge on any atom is -0.466 e. The van der Waals surface area contributed by atoms with Crippen LogP contribution in [-0.4, -0.2) is 24.5 Å². The van der Waals surface area contributed by atoms with Gasteiger partial charge in [-0.1, -0.05) is 32.3 Å². The molecule has 114 valence electrons. The zero-order valence-corrected chi connectivity index (χ0v) is 12.6. The fourth-order valence-electron chi connectivity index (χ4n) is 1.34. The van der Waals surface area contributed by atoms with E-state index in [1.165, 1.54) is 0 Å². The fourth-order valence-corrected chi connectivity index (χ4v) is 1.34. The van der Waals surface area contributed by atoms with E-state index >= 15 is 0 Å². The van der Waals surface area contributed by atoms with E-state index in [9.17, 15) is 14.4 Å². The van der Waals surface area contributed by atoms with Crippen molar-refractivity contribution in [1.29, 1.82) is 0 Å². The maximum absolute atomic E-state index is 11.3. The summed E-state index contributed by atoms with van der Waals surface area (Å²) >= 11 is 0. The Morgan fingerprint density at radius 1 is 1.00 bits per heavy atom. The quantitative estimate of drug-likeness (QED) is 0.282. The average molecular weight is 284 g/mol. The molecule has 0 aliphatic carbocycles. The molecule has 0 rings (SSSR count). The van der Waals surface area contributed by atoms with Crippen LogP contribution in [0.2, 0.25) is 0 Å². The Morgan fingerprint density at radius 2 is 1.65 bits per heavy atom. The van der Waals surface area contributed by atoms with Crippen LogP contribution in [-0.2, 0) is 23.9 Å². The molecule has 0 fully saturated rings. The van der Waals surface area contributed by atoms with Gasteiger partial charge in [-0.3, -0.25) is 9.59 Å². The number of carbonyl (C=O) groups excluding carboxylic acids is 3. The van der Waals surface area contributed by atoms with Gasteiger partial charge in [0.1, 0.15) is 0 Å². The van der Waals surface area contributed by atoms with E-state index in [0.29, 0.717) is 12.2 Å². The van der Waals surface area contributed by atoms with Gasteiger partial charge in [-0.15, -0.1) is 0 Å². The van der Waals surface area contributed by atoms with Crippen LogP contribution >= 0.6 is 0 Å². The number of unbranched alkanes of at least 4 members (excludes halogenated alkanes) is 3. The van der Waals surface area contributed by atoms with E-state index in [2.05, 4.69) is 11.7 Å². The van der Waals surface area contributed by atoms with Gasteiger partial charge in [0.2, 0.25) is 0 Å². The number of allylic oxidation sites excluding steroid dienone is 1. The molecule has 0 aromatic rings. The molecular weight excluding hydrogens is 260 g/mol. The normalized spacial score (nSPS) is 11.1. The van der Waals surface area contributed by atoms with E-state index in [1.54, 1.807) is 19.9 Å². The Morgan fingerprint density at radius 3 is 2.25 bits per heavy atom. The zero-order chi connectivity index (χ0) is 15.4. The van der Waals surface area contributed by atoms with E-state index in [-0.39, 0.29) is 12.8 Å². The van der Waals surface area contributed by atoms with Crippen molar-refractivity contribution in [3.8, 4) is 0 Å². The summed E-state index contributed by atoms with van der Waals surface area (Å²) in [6.07, 6.45) is 5.47. The molecular formula is C15H24O5. The fraction of sp³-hybridized carbons (Fsp3) is 0.667. The molecule has 0 spiro atoms. The molecule has 0 aliphatic rings. The third kappa shape index (κ3) is 9.30. The van der Waals surface area contributed by atoms with Crippen molar-refractivity contribution in [3.05, 3.63) is 11.6 Å². The first kappa shape index (κ1) is 18.4. The summed E-state index contributed by atoms with van der Waals surface area (Å²) in [7, 11) is 0. The van der Waals surface area contributed by atoms with Crippen LogP contribution < -0.4 is 0 Å². The van der Waals surface area contributed by atoms with Gasteiger partial charge in [-0.2, -0.15) is 0 Å². The summed E-state index contributed by atoms with van der Waals surface area (Å²) in [5.41, 5.74) is 0.358. The summed E-state index contributed by atoms with van der Waals surface area (Å²) in [4.78, 5) is 33.9. The van der Waals surface area contributed by atoms with Crippen LogP contribution in [0.1, 0.15) is 59.3 Å². The molecule has 5 nitrogen and oxygen atoms in total. The maximum Gasteiger partial charge on any atom is 0.341 e. The maximum atomic E-state index is 11.3. The minimum absolute atomic E-state index is 0.0607. The molecule has 0 amide bonds. The second kappa shape index (κ2) is 11.2. The Bertz CT molecular complexity index is 357. The van der Waals surface area contributed by atoms with Gasteiger partial charge < -0.3 is 9.47 Å². The van der Waals surface area contributed by atoms with Crippen LogP contribution in [0.5, 0.6) is 0 Å². The lowest BCUT2D eigenvalue weighted by Gasteiger charge is -2.05. The molecule has 0 aliphatic heterocycles. The van der Waals surface area contributed by atoms with Gasteiger partial charge in [-0.05, 0) is 20.3 Å². The predicted octanol–water partition coefficient (Wildman–Crippen LogP) is 2.93. The molecule has 0 bridgehead atoms. The molecule has 0 aromatic heterocycles. The Hall–Kier alpha value is -1.65. The number of rotatable bonds is 9. The van der Waals surface area contributed by atoms with Crippen molar-refractivity contribution in [1.82, 2.24) is 0 Å². The lowest BCUT2D eigenvalue weighted by Crippen LogP contribution is -2.15. The first-order valence-electron chi connectivity index (χ1n) is 7.04. The molecule has 5 heteroatoms. The number of ether oxygens (including phenoxy) is 2. The van der Waals surface area contributed by atoms with Gasteiger partial charge in [0.25, 0.3) is 0 Å². The van der Waals surface area contributed by atoms with Crippen molar-refractivity contribution in [2.24, 2.45) is 0 Å². The number of carbonyl (C=O) groups is 3. The van der Waals surface area contributed by atoms with Gasteiger partial charge >= 0.3 is 17.9 Å². The summed E-state index contributed by atoms with van der Waals surface area (Å²) < 4.78 is 9.53. The lowest BCUT2D eigenvalue weighted by molar-refractivity contribution is -0.159. The van der Waals surface area contributed by atoms with Crippen molar-refractivity contribution in [3.63, 3.8) is 0 Å². The molecule has 0 N–H and O–H groups in total. The molecule has 0 heterocycles. The van der Waals surface area contributed by atoms with Crippen LogP contribution in [0.4, 0.5) is 0 Å². The number of hydrogen-bond acceptors (Lipinski definition) is 5. The van der Waals surface area contributed by atoms with E-state index < -0.39 is 17.9 Å². The van der Waals surface area contributed by atoms with Gasteiger partial charge in [-0.25, -0.2) is 4.79 Å². The summed E-state index contributed by atoms with van der Waals surface area (Å²) in [5.74, 6) is -1.82. The Labute approximate surface area is 120 Å². The smallest absolute Gasteiger partial charge is 0.341 e. The van der Waals surface area contributed by atoms with Crippen LogP contribution in [0.3, 0.4) is 0 Å². The Kier molecular flexibility index (Phi) is 10.3. The number of hydrogen-bond donors (Lipinski definition) is 0. The SMILES string of the molecule is C/C=C(\C)C(=O)OC(=O)CCC(=O)OCCCCCC. The van der Waals surface area contributed by atoms with E-state index in [1.807, 2.05) is 0 Å². The highest BCUT2D eigenvalue weighted by Gasteiger charge is 2.14. The Balaban J connectivity index is 3.73. The second-order valence-electron chi connectivity index (χ2n) is 4.51. The molecule has 0 saturated carbocycles. The van der Waals surface area contributed by atoms with Gasteiger partial charge in [0.05, 0.1) is 19.4 Å². The summed E-state index contributed by atoms with van der Waals surface area (Å²) in [5, 5.41) is 0. The standard InChI is InChI=1S/C15H24O5/c1-4-6-7-8-11-19-13(16)9-10-14(17)20-15(18)12(3)5-2/h5H,4,6-11H2,1-3H3/b12-5+. The third-order valence-corrected chi connectivity index (χ3v) is 2.76. The third-order valence-electron chi connectivity index (χ3n) is 2.76. The highest BCUT2D eigenvalue weighted by molar-refractivity contribution is 5.96. The number of esters is 3. The molecule has 0 aromatic carbocycles. The first-order valence-corrected chi connectivity index (χ1v) is 7.04. The predicted molar refractivity (Wildman–Crippen MR) is 74.9 cm³/mol. The van der Waals surface area contributed by atoms with Crippen molar-refractivity contribution < 1.29 is 23.9 Å². The van der Waals surface area contributed by atoms with Gasteiger partial charge in [0, 0.05) is 5.57 Å². The van der Waals surface area contributed by atoms with Crippen LogP contribution in [0.15, 0.2) is 11.6 Å². The van der Waals surface area contributed by atoms with E-state index in [4.69, 9.17) is 4.74 Å². The topological polar surface area (TPSA) is 69.7 Å². The van der Waals surface area contributed by atoms with Crippen molar-refractivity contribution in [2.45, 2.75) is 59.3 Å². The molecule has 0 radical (unpaired) electrons. The average Bonchev–Trinajstić information content (AvgIpc) is 2.43. The largest absolute Gasteiger partial charge is 0.466 e. The van der Waals surface area contributed by atoms with E-state index in [0.717, 1.165) is 25.7 Å². The highest BCUT2D eigenvalue weighted by Crippen LogP contribution is 2.03. The van der Waals surface area contributed by atoms with Crippen LogP contribution in [0.25, 0.3) is 0 Å². The second-order valence-corrected chi connectivity index (χ2v) is 4.51. The molecule has 0 atom stereocenters. The molecule has 20 heavy (non-hydrogen) atoms. The van der Waals surface area contributed by atoms with Crippen molar-refractivity contribution >= 4 is 17.9 Å². The first-order chi connectivity index (χ1) is 9.51. The highest BCUT2D eigenvalue weighted by atomic mass is 16.6. The van der Waals surface area contributed by atoms with Crippen molar-refractivity contribution in [2.75, 3.05) is 6.61 Å². The molecule has 0 unspecified atom stereocenters. The van der Waals surface area contributed by atoms with Crippen LogP contribution in [0, 0.1) is 0 Å². The monoisotopic (exact) mass is 284 g/mol. The summed E-state index contributed by atoms with van der Waals surface area (Å²) in [6, 6.07) is 0. The lowest BCUT2D eigenvalue weighted by atomic mass is 10.2. The molecule has 0 saturated heterocycles. The van der Waals surface area contributed by atoms with Gasteiger partial charge in [0.15, 0.2) is 0 Å². The minimum atomic E-state index is -0.709. The summed E-state index contributed by atoms with van der Waals surface area (Å²) in [6.45, 7) is 5.72.